The van der Waals surface area contributed by atoms with Gasteiger partial charge in [0.2, 0.25) is 0 Å². The van der Waals surface area contributed by atoms with Crippen molar-refractivity contribution in [3.8, 4) is 0 Å². The summed E-state index contributed by atoms with van der Waals surface area (Å²) in [5.74, 6) is -0.905. The molecule has 4 heteroatoms. The molecule has 0 aromatic carbocycles. The number of carboxylic acids is 1. The Labute approximate surface area is 101 Å². The number of piperidine rings is 1. The van der Waals surface area contributed by atoms with Crippen molar-refractivity contribution in [1.29, 1.82) is 0 Å². The van der Waals surface area contributed by atoms with Gasteiger partial charge in [-0.25, -0.2) is 0 Å². The third-order valence-corrected chi connectivity index (χ3v) is 3.47. The largest absolute Gasteiger partial charge is 0.481 e. The first-order valence-corrected chi connectivity index (χ1v) is 6.06. The second-order valence-corrected chi connectivity index (χ2v) is 4.60. The molecule has 1 fully saturated rings. The van der Waals surface area contributed by atoms with E-state index in [9.17, 15) is 4.79 Å². The highest BCUT2D eigenvalue weighted by atomic mass is 16.4. The summed E-state index contributed by atoms with van der Waals surface area (Å²) in [6.07, 6.45) is 3.53. The smallest absolute Gasteiger partial charge is 0.307 e. The number of carbonyl (C=O) groups is 1. The molecule has 2 atom stereocenters. The Hall–Kier alpha value is -1.42. The van der Waals surface area contributed by atoms with E-state index in [4.69, 9.17) is 5.11 Å². The van der Waals surface area contributed by atoms with Gasteiger partial charge in [0.25, 0.3) is 0 Å². The highest BCUT2D eigenvalue weighted by Gasteiger charge is 2.28. The lowest BCUT2D eigenvalue weighted by Crippen LogP contribution is -2.40. The van der Waals surface area contributed by atoms with Crippen molar-refractivity contribution in [1.82, 2.24) is 9.88 Å². The highest BCUT2D eigenvalue weighted by Crippen LogP contribution is 2.25. The zero-order valence-corrected chi connectivity index (χ0v) is 10.0. The van der Waals surface area contributed by atoms with Crippen LogP contribution in [0, 0.1) is 5.92 Å². The van der Waals surface area contributed by atoms with E-state index in [1.165, 1.54) is 0 Å². The van der Waals surface area contributed by atoms with Gasteiger partial charge >= 0.3 is 5.97 Å². The lowest BCUT2D eigenvalue weighted by Gasteiger charge is -2.34. The molecule has 0 saturated carbocycles. The van der Waals surface area contributed by atoms with Gasteiger partial charge in [-0.1, -0.05) is 6.07 Å². The van der Waals surface area contributed by atoms with Gasteiger partial charge in [-0.15, -0.1) is 0 Å². The van der Waals surface area contributed by atoms with Crippen LogP contribution in [0.1, 0.15) is 31.5 Å². The van der Waals surface area contributed by atoms with E-state index in [1.807, 2.05) is 18.2 Å². The first-order chi connectivity index (χ1) is 8.18. The molecule has 0 amide bonds. The minimum atomic E-state index is -0.678. The Morgan fingerprint density at radius 3 is 3.06 bits per heavy atom. The van der Waals surface area contributed by atoms with Gasteiger partial charge in [0.15, 0.2) is 0 Å². The molecule has 0 bridgehead atoms. The Morgan fingerprint density at radius 2 is 2.41 bits per heavy atom. The van der Waals surface area contributed by atoms with E-state index in [1.54, 1.807) is 6.20 Å². The fourth-order valence-corrected chi connectivity index (χ4v) is 2.37. The molecule has 0 radical (unpaired) electrons. The second-order valence-electron chi connectivity index (χ2n) is 4.60. The van der Waals surface area contributed by atoms with E-state index in [-0.39, 0.29) is 12.0 Å². The molecule has 1 saturated heterocycles. The van der Waals surface area contributed by atoms with Crippen LogP contribution in [-0.2, 0) is 4.79 Å². The van der Waals surface area contributed by atoms with Crippen LogP contribution in [0.25, 0.3) is 0 Å². The lowest BCUT2D eigenvalue weighted by molar-refractivity contribution is -0.143. The number of carboxylic acid groups (broad SMARTS) is 1. The number of aliphatic carboxylic acids is 1. The van der Waals surface area contributed by atoms with E-state index >= 15 is 0 Å². The molecule has 2 heterocycles. The number of hydrogen-bond acceptors (Lipinski definition) is 3. The summed E-state index contributed by atoms with van der Waals surface area (Å²) in [6, 6.07) is 6.05. The topological polar surface area (TPSA) is 53.4 Å². The van der Waals surface area contributed by atoms with Crippen molar-refractivity contribution < 1.29 is 9.90 Å². The fourth-order valence-electron chi connectivity index (χ4n) is 2.37. The van der Waals surface area contributed by atoms with Crippen molar-refractivity contribution >= 4 is 5.97 Å². The molecule has 4 nitrogen and oxygen atoms in total. The zero-order chi connectivity index (χ0) is 12.3. The number of nitrogens with zero attached hydrogens (tertiary/aromatic N) is 2. The molecule has 1 N–H and O–H groups in total. The van der Waals surface area contributed by atoms with E-state index in [0.29, 0.717) is 6.54 Å². The normalized spacial score (nSPS) is 23.2. The maximum absolute atomic E-state index is 11.0. The van der Waals surface area contributed by atoms with Gasteiger partial charge in [0.1, 0.15) is 0 Å². The summed E-state index contributed by atoms with van der Waals surface area (Å²) in [6.45, 7) is 3.68. The summed E-state index contributed by atoms with van der Waals surface area (Å²) < 4.78 is 0. The van der Waals surface area contributed by atoms with Gasteiger partial charge < -0.3 is 5.11 Å². The molecule has 1 aliphatic heterocycles. The number of hydrogen-bond donors (Lipinski definition) is 1. The van der Waals surface area contributed by atoms with Gasteiger partial charge in [-0.3, -0.25) is 14.7 Å². The Balaban J connectivity index is 2.05. The number of aromatic nitrogens is 1. The summed E-state index contributed by atoms with van der Waals surface area (Å²) in [5, 5.41) is 9.07. The number of pyridine rings is 1. The van der Waals surface area contributed by atoms with Crippen LogP contribution in [-0.4, -0.2) is 34.0 Å². The first kappa shape index (κ1) is 12.0. The predicted molar refractivity (Wildman–Crippen MR) is 64.6 cm³/mol. The summed E-state index contributed by atoms with van der Waals surface area (Å²) >= 11 is 0. The van der Waals surface area contributed by atoms with Gasteiger partial charge in [0.05, 0.1) is 11.6 Å². The number of likely N-dealkylation sites (tertiary alicyclic amines) is 1. The standard InChI is InChI=1S/C13H18N2O2/c1-10(12-6-2-3-7-14-12)15-8-4-5-11(9-15)13(16)17/h2-3,6-7,10-11H,4-5,8-9H2,1H3,(H,16,17). The third-order valence-electron chi connectivity index (χ3n) is 3.47. The second kappa shape index (κ2) is 5.27. The Morgan fingerprint density at radius 1 is 1.59 bits per heavy atom. The zero-order valence-electron chi connectivity index (χ0n) is 10.0. The van der Waals surface area contributed by atoms with Crippen molar-refractivity contribution in [3.05, 3.63) is 30.1 Å². The van der Waals surface area contributed by atoms with Crippen LogP contribution in [0.15, 0.2) is 24.4 Å². The molecule has 17 heavy (non-hydrogen) atoms. The molecule has 1 aliphatic rings. The summed E-state index contributed by atoms with van der Waals surface area (Å²) in [7, 11) is 0. The van der Waals surface area contributed by atoms with Crippen LogP contribution in [0.4, 0.5) is 0 Å². The van der Waals surface area contributed by atoms with Crippen LogP contribution in [0.5, 0.6) is 0 Å². The van der Waals surface area contributed by atoms with Crippen molar-refractivity contribution in [3.63, 3.8) is 0 Å². The van der Waals surface area contributed by atoms with Crippen molar-refractivity contribution in [2.45, 2.75) is 25.8 Å². The van der Waals surface area contributed by atoms with E-state index < -0.39 is 5.97 Å². The SMILES string of the molecule is CC(c1ccccn1)N1CCCC(C(=O)O)C1. The highest BCUT2D eigenvalue weighted by molar-refractivity contribution is 5.70. The molecule has 1 aromatic rings. The van der Waals surface area contributed by atoms with E-state index in [0.717, 1.165) is 25.1 Å². The lowest BCUT2D eigenvalue weighted by atomic mass is 9.96. The average Bonchev–Trinajstić information content (AvgIpc) is 2.39. The van der Waals surface area contributed by atoms with Crippen LogP contribution >= 0.6 is 0 Å². The average molecular weight is 234 g/mol. The minimum Gasteiger partial charge on any atom is -0.481 e. The first-order valence-electron chi connectivity index (χ1n) is 6.06. The molecular formula is C13H18N2O2. The molecule has 2 rings (SSSR count). The van der Waals surface area contributed by atoms with Gasteiger partial charge in [0, 0.05) is 18.8 Å². The fraction of sp³-hybridized carbons (Fsp3) is 0.538. The van der Waals surface area contributed by atoms with E-state index in [2.05, 4.69) is 16.8 Å². The Bertz CT molecular complexity index is 380. The maximum Gasteiger partial charge on any atom is 0.307 e. The summed E-state index contributed by atoms with van der Waals surface area (Å²) in [5.41, 5.74) is 1.01. The van der Waals surface area contributed by atoms with Crippen molar-refractivity contribution in [2.24, 2.45) is 5.92 Å². The van der Waals surface area contributed by atoms with Crippen LogP contribution < -0.4 is 0 Å². The molecule has 0 spiro atoms. The molecule has 0 aliphatic carbocycles. The molecule has 2 unspecified atom stereocenters. The third kappa shape index (κ3) is 2.82. The van der Waals surface area contributed by atoms with Gasteiger partial charge in [-0.05, 0) is 38.4 Å². The Kier molecular flexibility index (Phi) is 3.74. The van der Waals surface area contributed by atoms with Crippen LogP contribution in [0.2, 0.25) is 0 Å². The van der Waals surface area contributed by atoms with Crippen LogP contribution in [0.3, 0.4) is 0 Å². The maximum atomic E-state index is 11.0. The molecule has 1 aromatic heterocycles. The molecular weight excluding hydrogens is 216 g/mol. The minimum absolute atomic E-state index is 0.193. The van der Waals surface area contributed by atoms with Crippen molar-refractivity contribution in [2.75, 3.05) is 13.1 Å². The predicted octanol–water partition coefficient (Wildman–Crippen LogP) is 1.94. The monoisotopic (exact) mass is 234 g/mol. The summed E-state index contributed by atoms with van der Waals surface area (Å²) in [4.78, 5) is 17.6. The number of rotatable bonds is 3. The van der Waals surface area contributed by atoms with Gasteiger partial charge in [-0.2, -0.15) is 0 Å². The quantitative estimate of drug-likeness (QED) is 0.868. The molecule has 92 valence electrons.